The van der Waals surface area contributed by atoms with Gasteiger partial charge in [0, 0.05) is 16.8 Å². The monoisotopic (exact) mass is 333 g/mol. The van der Waals surface area contributed by atoms with Crippen LogP contribution in [0.2, 0.25) is 0 Å². The molecule has 0 unspecified atom stereocenters. The van der Waals surface area contributed by atoms with E-state index in [-0.39, 0.29) is 12.5 Å². The zero-order chi connectivity index (χ0) is 17.5. The molecule has 6 heteroatoms. The summed E-state index contributed by atoms with van der Waals surface area (Å²) >= 11 is 0. The van der Waals surface area contributed by atoms with Crippen LogP contribution in [0.4, 0.5) is 5.69 Å². The van der Waals surface area contributed by atoms with Crippen LogP contribution in [0.15, 0.2) is 65.9 Å². The lowest BCUT2D eigenvalue weighted by Crippen LogP contribution is -2.25. The fourth-order valence-corrected chi connectivity index (χ4v) is 2.30. The first-order valence-corrected chi connectivity index (χ1v) is 7.93. The summed E-state index contributed by atoms with van der Waals surface area (Å²) in [5, 5.41) is 14.0. The summed E-state index contributed by atoms with van der Waals surface area (Å²) in [5.74, 6) is -0.221. The molecule has 0 atom stereocenters. The summed E-state index contributed by atoms with van der Waals surface area (Å²) in [4.78, 5) is 11.9. The first-order chi connectivity index (χ1) is 12.2. The van der Waals surface area contributed by atoms with Crippen molar-refractivity contribution in [2.45, 2.75) is 6.92 Å². The molecule has 3 N–H and O–H groups in total. The van der Waals surface area contributed by atoms with Crippen LogP contribution in [0.3, 0.4) is 0 Å². The molecular weight excluding hydrogens is 314 g/mol. The summed E-state index contributed by atoms with van der Waals surface area (Å²) in [5.41, 5.74) is 7.25. The number of hydrogen-bond donors (Lipinski definition) is 3. The summed E-state index contributed by atoms with van der Waals surface area (Å²) in [6, 6.07) is 17.7. The Morgan fingerprint density at radius 1 is 1.16 bits per heavy atom. The molecule has 0 aliphatic rings. The number of hydrazone groups is 1. The normalized spacial score (nSPS) is 10.8. The molecule has 3 aromatic rings. The van der Waals surface area contributed by atoms with Gasteiger partial charge in [0.05, 0.1) is 24.7 Å². The molecule has 6 nitrogen and oxygen atoms in total. The van der Waals surface area contributed by atoms with Gasteiger partial charge in [-0.1, -0.05) is 48.0 Å². The van der Waals surface area contributed by atoms with E-state index in [0.717, 1.165) is 22.5 Å². The topological polar surface area (TPSA) is 82.2 Å². The fraction of sp³-hybridized carbons (Fsp3) is 0.105. The lowest BCUT2D eigenvalue weighted by atomic mass is 10.1. The van der Waals surface area contributed by atoms with Crippen LogP contribution < -0.4 is 10.7 Å². The molecule has 1 aromatic heterocycles. The number of carbonyl (C=O) groups is 1. The van der Waals surface area contributed by atoms with Crippen LogP contribution in [0, 0.1) is 6.92 Å². The Hall–Kier alpha value is -3.41. The van der Waals surface area contributed by atoms with E-state index in [1.807, 2.05) is 61.5 Å². The van der Waals surface area contributed by atoms with E-state index in [4.69, 9.17) is 0 Å². The number of H-pyrrole nitrogens is 1. The van der Waals surface area contributed by atoms with Crippen LogP contribution in [0.1, 0.15) is 11.1 Å². The maximum atomic E-state index is 11.9. The number of rotatable bonds is 6. The number of aromatic amines is 1. The molecule has 0 saturated heterocycles. The van der Waals surface area contributed by atoms with E-state index in [1.54, 1.807) is 12.4 Å². The average molecular weight is 333 g/mol. The van der Waals surface area contributed by atoms with Crippen molar-refractivity contribution in [2.24, 2.45) is 5.10 Å². The molecule has 0 radical (unpaired) electrons. The van der Waals surface area contributed by atoms with Crippen molar-refractivity contribution in [1.82, 2.24) is 15.6 Å². The lowest BCUT2D eigenvalue weighted by molar-refractivity contribution is -0.119. The minimum atomic E-state index is -0.221. The smallest absolute Gasteiger partial charge is 0.259 e. The number of benzene rings is 2. The van der Waals surface area contributed by atoms with E-state index >= 15 is 0 Å². The molecule has 2 aromatic carbocycles. The van der Waals surface area contributed by atoms with Gasteiger partial charge < -0.3 is 5.32 Å². The van der Waals surface area contributed by atoms with Crippen LogP contribution in [-0.4, -0.2) is 28.9 Å². The zero-order valence-corrected chi connectivity index (χ0v) is 13.9. The maximum absolute atomic E-state index is 11.9. The first-order valence-electron chi connectivity index (χ1n) is 7.93. The minimum absolute atomic E-state index is 0.150. The summed E-state index contributed by atoms with van der Waals surface area (Å²) in [6.07, 6.45) is 3.25. The number of aromatic nitrogens is 2. The van der Waals surface area contributed by atoms with Crippen LogP contribution >= 0.6 is 0 Å². The molecule has 126 valence electrons. The van der Waals surface area contributed by atoms with Crippen molar-refractivity contribution >= 4 is 17.8 Å². The van der Waals surface area contributed by atoms with Gasteiger partial charge in [0.25, 0.3) is 5.91 Å². The summed E-state index contributed by atoms with van der Waals surface area (Å²) in [7, 11) is 0. The van der Waals surface area contributed by atoms with Crippen molar-refractivity contribution in [1.29, 1.82) is 0 Å². The standard InChI is InChI=1S/C19H19N5O/c1-14-7-9-17(10-8-14)20-13-18(25)23-21-11-16-12-22-24-19(16)15-5-3-2-4-6-15/h2-12,20H,13H2,1H3,(H,22,24)(H,23,25). The molecule has 0 aliphatic carbocycles. The largest absolute Gasteiger partial charge is 0.376 e. The highest BCUT2D eigenvalue weighted by Crippen LogP contribution is 2.18. The van der Waals surface area contributed by atoms with Crippen molar-refractivity contribution in [3.63, 3.8) is 0 Å². The van der Waals surface area contributed by atoms with Gasteiger partial charge in [-0.05, 0) is 19.1 Å². The predicted molar refractivity (Wildman–Crippen MR) is 99.4 cm³/mol. The van der Waals surface area contributed by atoms with Gasteiger partial charge in [-0.2, -0.15) is 10.2 Å². The third-order valence-corrected chi connectivity index (χ3v) is 3.63. The van der Waals surface area contributed by atoms with Crippen LogP contribution in [-0.2, 0) is 4.79 Å². The van der Waals surface area contributed by atoms with Gasteiger partial charge >= 0.3 is 0 Å². The molecule has 25 heavy (non-hydrogen) atoms. The Morgan fingerprint density at radius 2 is 1.92 bits per heavy atom. The van der Waals surface area contributed by atoms with Crippen molar-refractivity contribution in [3.05, 3.63) is 71.9 Å². The predicted octanol–water partition coefficient (Wildman–Crippen LogP) is 2.95. The van der Waals surface area contributed by atoms with Gasteiger partial charge in [-0.25, -0.2) is 5.43 Å². The van der Waals surface area contributed by atoms with E-state index in [0.29, 0.717) is 0 Å². The number of hydrogen-bond acceptors (Lipinski definition) is 4. The SMILES string of the molecule is Cc1ccc(NCC(=O)NN=Cc2cn[nH]c2-c2ccccc2)cc1. The quantitative estimate of drug-likeness (QED) is 0.479. The minimum Gasteiger partial charge on any atom is -0.376 e. The molecule has 3 rings (SSSR count). The van der Waals surface area contributed by atoms with Gasteiger partial charge in [-0.15, -0.1) is 0 Å². The summed E-state index contributed by atoms with van der Waals surface area (Å²) < 4.78 is 0. The molecule has 0 spiro atoms. The Labute approximate surface area is 146 Å². The average Bonchev–Trinajstić information content (AvgIpc) is 3.10. The molecule has 1 amide bonds. The second-order valence-corrected chi connectivity index (χ2v) is 5.58. The van der Waals surface area contributed by atoms with E-state index in [2.05, 4.69) is 26.0 Å². The maximum Gasteiger partial charge on any atom is 0.259 e. The molecule has 1 heterocycles. The van der Waals surface area contributed by atoms with E-state index in [9.17, 15) is 4.79 Å². The number of aryl methyl sites for hydroxylation is 1. The Morgan fingerprint density at radius 3 is 2.68 bits per heavy atom. The van der Waals surface area contributed by atoms with Crippen LogP contribution in [0.25, 0.3) is 11.3 Å². The molecule has 0 fully saturated rings. The number of amides is 1. The van der Waals surface area contributed by atoms with Crippen molar-refractivity contribution < 1.29 is 4.79 Å². The van der Waals surface area contributed by atoms with Crippen molar-refractivity contribution in [3.8, 4) is 11.3 Å². The Bertz CT molecular complexity index is 853. The summed E-state index contributed by atoms with van der Waals surface area (Å²) in [6.45, 7) is 2.17. The van der Waals surface area contributed by atoms with E-state index in [1.165, 1.54) is 5.56 Å². The van der Waals surface area contributed by atoms with Crippen LogP contribution in [0.5, 0.6) is 0 Å². The third-order valence-electron chi connectivity index (χ3n) is 3.63. The van der Waals surface area contributed by atoms with Gasteiger partial charge in [-0.3, -0.25) is 9.89 Å². The third kappa shape index (κ3) is 4.54. The number of anilines is 1. The fourth-order valence-electron chi connectivity index (χ4n) is 2.30. The van der Waals surface area contributed by atoms with E-state index < -0.39 is 0 Å². The zero-order valence-electron chi connectivity index (χ0n) is 13.9. The highest BCUT2D eigenvalue weighted by Gasteiger charge is 2.05. The molecule has 0 aliphatic heterocycles. The Kier molecular flexibility index (Phi) is 5.21. The van der Waals surface area contributed by atoms with Crippen molar-refractivity contribution in [2.75, 3.05) is 11.9 Å². The highest BCUT2D eigenvalue weighted by molar-refractivity contribution is 5.89. The van der Waals surface area contributed by atoms with Gasteiger partial charge in [0.15, 0.2) is 0 Å². The molecular formula is C19H19N5O. The first kappa shape index (κ1) is 16.4. The molecule has 0 saturated carbocycles. The number of nitrogens with one attached hydrogen (secondary N) is 3. The highest BCUT2D eigenvalue weighted by atomic mass is 16.2. The second-order valence-electron chi connectivity index (χ2n) is 5.58. The molecule has 0 bridgehead atoms. The Balaban J connectivity index is 1.54. The lowest BCUT2D eigenvalue weighted by Gasteiger charge is -2.05. The van der Waals surface area contributed by atoms with Gasteiger partial charge in [0.2, 0.25) is 0 Å². The number of carbonyl (C=O) groups excluding carboxylic acids is 1. The van der Waals surface area contributed by atoms with Gasteiger partial charge in [0.1, 0.15) is 0 Å². The second kappa shape index (κ2) is 7.92. The number of nitrogens with zero attached hydrogens (tertiary/aromatic N) is 2.